The van der Waals surface area contributed by atoms with Crippen LogP contribution in [0.15, 0.2) is 46.7 Å². The number of benzene rings is 1. The van der Waals surface area contributed by atoms with Gasteiger partial charge in [-0.15, -0.1) is 11.3 Å². The van der Waals surface area contributed by atoms with E-state index in [9.17, 15) is 9.59 Å². The summed E-state index contributed by atoms with van der Waals surface area (Å²) in [5, 5.41) is 1.78. The minimum atomic E-state index is -0.207. The van der Waals surface area contributed by atoms with Gasteiger partial charge in [0.05, 0.1) is 11.4 Å². The Bertz CT molecular complexity index is 719. The number of imide groups is 1. The van der Waals surface area contributed by atoms with Crippen molar-refractivity contribution < 1.29 is 9.59 Å². The molecule has 5 heteroatoms. The van der Waals surface area contributed by atoms with Crippen molar-refractivity contribution in [3.63, 3.8) is 0 Å². The number of nitrogens with zero attached hydrogens (tertiary/aromatic N) is 1. The SMILES string of the molecule is Cc1ccsc1/C=C1/SC(=O)N(Cc2ccccc2)C1=O. The van der Waals surface area contributed by atoms with E-state index < -0.39 is 0 Å². The number of aryl methyl sites for hydroxylation is 1. The van der Waals surface area contributed by atoms with Crippen LogP contribution in [0.5, 0.6) is 0 Å². The predicted octanol–water partition coefficient (Wildman–Crippen LogP) is 4.29. The normalized spacial score (nSPS) is 17.0. The maximum Gasteiger partial charge on any atom is 0.293 e. The van der Waals surface area contributed by atoms with Gasteiger partial charge in [-0.2, -0.15) is 0 Å². The summed E-state index contributed by atoms with van der Waals surface area (Å²) in [6, 6.07) is 11.5. The molecule has 106 valence electrons. The van der Waals surface area contributed by atoms with E-state index in [-0.39, 0.29) is 11.1 Å². The standard InChI is InChI=1S/C16H13NO2S2/c1-11-7-8-20-13(11)9-14-15(18)17(16(19)21-14)10-12-5-3-2-4-6-12/h2-9H,10H2,1H3/b14-9+. The Morgan fingerprint density at radius 2 is 1.90 bits per heavy atom. The molecule has 21 heavy (non-hydrogen) atoms. The Morgan fingerprint density at radius 3 is 2.57 bits per heavy atom. The van der Waals surface area contributed by atoms with Gasteiger partial charge in [0.25, 0.3) is 11.1 Å². The molecule has 0 bridgehead atoms. The highest BCUT2D eigenvalue weighted by Crippen LogP contribution is 2.34. The Kier molecular flexibility index (Phi) is 3.94. The van der Waals surface area contributed by atoms with Crippen LogP contribution >= 0.6 is 23.1 Å². The van der Waals surface area contributed by atoms with Gasteiger partial charge in [0.1, 0.15) is 0 Å². The molecule has 1 aromatic carbocycles. The Labute approximate surface area is 131 Å². The summed E-state index contributed by atoms with van der Waals surface area (Å²) in [6.07, 6.45) is 1.82. The van der Waals surface area contributed by atoms with Gasteiger partial charge in [-0.05, 0) is 47.3 Å². The fraction of sp³-hybridized carbons (Fsp3) is 0.125. The molecule has 3 nitrogen and oxygen atoms in total. The van der Waals surface area contributed by atoms with E-state index in [1.165, 1.54) is 4.90 Å². The Morgan fingerprint density at radius 1 is 1.14 bits per heavy atom. The summed E-state index contributed by atoms with van der Waals surface area (Å²) in [5.74, 6) is -0.207. The zero-order valence-corrected chi connectivity index (χ0v) is 13.0. The lowest BCUT2D eigenvalue weighted by Crippen LogP contribution is -2.27. The molecular formula is C16H13NO2S2. The van der Waals surface area contributed by atoms with Crippen LogP contribution < -0.4 is 0 Å². The van der Waals surface area contributed by atoms with Gasteiger partial charge in [0.2, 0.25) is 0 Å². The van der Waals surface area contributed by atoms with Gasteiger partial charge in [-0.25, -0.2) is 0 Å². The molecule has 0 radical (unpaired) electrons. The molecule has 0 atom stereocenters. The molecule has 2 heterocycles. The second-order valence-corrected chi connectivity index (χ2v) is 6.66. The monoisotopic (exact) mass is 315 g/mol. The molecule has 1 fully saturated rings. The molecule has 1 aromatic heterocycles. The quantitative estimate of drug-likeness (QED) is 0.793. The molecule has 0 saturated carbocycles. The second kappa shape index (κ2) is 5.87. The largest absolute Gasteiger partial charge is 0.293 e. The molecule has 1 aliphatic heterocycles. The van der Waals surface area contributed by atoms with Crippen molar-refractivity contribution in [2.24, 2.45) is 0 Å². The van der Waals surface area contributed by atoms with Gasteiger partial charge in [-0.1, -0.05) is 30.3 Å². The smallest absolute Gasteiger partial charge is 0.268 e. The molecular weight excluding hydrogens is 302 g/mol. The summed E-state index contributed by atoms with van der Waals surface area (Å²) in [5.41, 5.74) is 2.07. The number of carbonyl (C=O) groups excluding carboxylic acids is 2. The lowest BCUT2D eigenvalue weighted by molar-refractivity contribution is -0.123. The van der Waals surface area contributed by atoms with Crippen LogP contribution in [0, 0.1) is 6.92 Å². The highest BCUT2D eigenvalue weighted by atomic mass is 32.2. The van der Waals surface area contributed by atoms with Crippen molar-refractivity contribution in [3.05, 3.63) is 62.7 Å². The molecule has 3 rings (SSSR count). The van der Waals surface area contributed by atoms with Crippen LogP contribution in [0.2, 0.25) is 0 Å². The topological polar surface area (TPSA) is 37.4 Å². The van der Waals surface area contributed by atoms with Crippen molar-refractivity contribution in [2.45, 2.75) is 13.5 Å². The highest BCUT2D eigenvalue weighted by Gasteiger charge is 2.35. The number of hydrogen-bond acceptors (Lipinski definition) is 4. The van der Waals surface area contributed by atoms with Crippen molar-refractivity contribution in [1.29, 1.82) is 0 Å². The lowest BCUT2D eigenvalue weighted by Gasteiger charge is -2.12. The Hall–Kier alpha value is -1.85. The number of thioether (sulfide) groups is 1. The summed E-state index contributed by atoms with van der Waals surface area (Å²) >= 11 is 2.59. The van der Waals surface area contributed by atoms with Crippen LogP contribution in [0.3, 0.4) is 0 Å². The average Bonchev–Trinajstić information content (AvgIpc) is 2.99. The number of rotatable bonds is 3. The highest BCUT2D eigenvalue weighted by molar-refractivity contribution is 8.18. The first-order chi connectivity index (χ1) is 10.1. The zero-order valence-electron chi connectivity index (χ0n) is 11.4. The first-order valence-electron chi connectivity index (χ1n) is 6.48. The summed E-state index contributed by atoms with van der Waals surface area (Å²) in [6.45, 7) is 2.32. The zero-order chi connectivity index (χ0) is 14.8. The van der Waals surface area contributed by atoms with E-state index in [2.05, 4.69) is 0 Å². The first-order valence-corrected chi connectivity index (χ1v) is 8.18. The van der Waals surface area contributed by atoms with Crippen LogP contribution in [0.1, 0.15) is 16.0 Å². The lowest BCUT2D eigenvalue weighted by atomic mass is 10.2. The minimum Gasteiger partial charge on any atom is -0.268 e. The molecule has 0 spiro atoms. The van der Waals surface area contributed by atoms with E-state index >= 15 is 0 Å². The third kappa shape index (κ3) is 2.94. The van der Waals surface area contributed by atoms with Crippen LogP contribution in [-0.4, -0.2) is 16.0 Å². The van der Waals surface area contributed by atoms with Gasteiger partial charge in [0.15, 0.2) is 0 Å². The fourth-order valence-electron chi connectivity index (χ4n) is 2.05. The summed E-state index contributed by atoms with van der Waals surface area (Å²) in [7, 11) is 0. The van der Waals surface area contributed by atoms with Gasteiger partial charge in [0, 0.05) is 4.88 Å². The third-order valence-electron chi connectivity index (χ3n) is 3.22. The van der Waals surface area contributed by atoms with E-state index in [1.54, 1.807) is 11.3 Å². The molecule has 0 unspecified atom stereocenters. The molecule has 0 aliphatic carbocycles. The summed E-state index contributed by atoms with van der Waals surface area (Å²) < 4.78 is 0. The van der Waals surface area contributed by atoms with Crippen molar-refractivity contribution in [2.75, 3.05) is 0 Å². The second-order valence-electron chi connectivity index (χ2n) is 4.72. The van der Waals surface area contributed by atoms with E-state index in [0.29, 0.717) is 11.4 Å². The van der Waals surface area contributed by atoms with E-state index in [0.717, 1.165) is 27.8 Å². The van der Waals surface area contributed by atoms with Crippen molar-refractivity contribution in [1.82, 2.24) is 4.90 Å². The molecule has 1 saturated heterocycles. The maximum absolute atomic E-state index is 12.4. The fourth-order valence-corrected chi connectivity index (χ4v) is 3.81. The number of thiophene rings is 1. The molecule has 2 aromatic rings. The van der Waals surface area contributed by atoms with Gasteiger partial charge in [-0.3, -0.25) is 14.5 Å². The average molecular weight is 315 g/mol. The van der Waals surface area contributed by atoms with E-state index in [1.807, 2.05) is 54.8 Å². The van der Waals surface area contributed by atoms with Crippen LogP contribution in [0.4, 0.5) is 4.79 Å². The van der Waals surface area contributed by atoms with Crippen molar-refractivity contribution >= 4 is 40.3 Å². The predicted molar refractivity (Wildman–Crippen MR) is 87.0 cm³/mol. The molecule has 1 aliphatic rings. The maximum atomic E-state index is 12.4. The first kappa shape index (κ1) is 14.1. The molecule has 0 N–H and O–H groups in total. The number of carbonyl (C=O) groups is 2. The van der Waals surface area contributed by atoms with Gasteiger partial charge < -0.3 is 0 Å². The van der Waals surface area contributed by atoms with Gasteiger partial charge >= 0.3 is 0 Å². The molecule has 2 amide bonds. The number of amides is 2. The minimum absolute atomic E-state index is 0.204. The number of hydrogen-bond donors (Lipinski definition) is 0. The van der Waals surface area contributed by atoms with Crippen LogP contribution in [-0.2, 0) is 11.3 Å². The van der Waals surface area contributed by atoms with Crippen molar-refractivity contribution in [3.8, 4) is 0 Å². The van der Waals surface area contributed by atoms with Crippen LogP contribution in [0.25, 0.3) is 6.08 Å². The van der Waals surface area contributed by atoms with E-state index in [4.69, 9.17) is 0 Å². The summed E-state index contributed by atoms with van der Waals surface area (Å²) in [4.78, 5) is 27.3. The Balaban J connectivity index is 1.83. The third-order valence-corrected chi connectivity index (χ3v) is 5.09.